The average molecular weight is 423 g/mol. The van der Waals surface area contributed by atoms with Crippen LogP contribution in [0, 0.1) is 13.8 Å². The zero-order chi connectivity index (χ0) is 21.4. The van der Waals surface area contributed by atoms with Gasteiger partial charge in [-0.2, -0.15) is 0 Å². The monoisotopic (exact) mass is 422 g/mol. The van der Waals surface area contributed by atoms with Crippen LogP contribution in [0.3, 0.4) is 0 Å². The molecule has 164 valence electrons. The Balaban J connectivity index is 1.65. The number of hydrogen-bond acceptors (Lipinski definition) is 6. The number of H-pyrrole nitrogens is 1. The fraction of sp³-hybridized carbons (Fsp3) is 0.565. The Kier molecular flexibility index (Phi) is 5.58. The molecule has 2 fully saturated rings. The number of fused-ring (bicyclic) bond motifs is 1. The molecular formula is C23H30N6O2. The third-order valence-corrected chi connectivity index (χ3v) is 6.73. The number of aromatic nitrogens is 5. The molecule has 31 heavy (non-hydrogen) atoms. The van der Waals surface area contributed by atoms with E-state index in [-0.39, 0.29) is 11.6 Å². The van der Waals surface area contributed by atoms with Gasteiger partial charge in [-0.3, -0.25) is 9.69 Å². The lowest BCUT2D eigenvalue weighted by atomic mass is 9.95. The molecule has 1 N–H and O–H groups in total. The summed E-state index contributed by atoms with van der Waals surface area (Å²) in [7, 11) is 0. The molecule has 1 saturated heterocycles. The zero-order valence-corrected chi connectivity index (χ0v) is 18.3. The van der Waals surface area contributed by atoms with Crippen molar-refractivity contribution in [2.24, 2.45) is 0 Å². The molecule has 2 aromatic heterocycles. The van der Waals surface area contributed by atoms with Gasteiger partial charge in [-0.05, 0) is 60.4 Å². The molecule has 1 atom stereocenters. The van der Waals surface area contributed by atoms with Crippen molar-refractivity contribution in [3.8, 4) is 0 Å². The fourth-order valence-electron chi connectivity index (χ4n) is 5.19. The Morgan fingerprint density at radius 1 is 1.10 bits per heavy atom. The lowest BCUT2D eigenvalue weighted by Gasteiger charge is -2.34. The highest BCUT2D eigenvalue weighted by molar-refractivity contribution is 5.83. The molecule has 5 rings (SSSR count). The second-order valence-electron chi connectivity index (χ2n) is 8.92. The van der Waals surface area contributed by atoms with Gasteiger partial charge in [0.05, 0.1) is 19.3 Å². The number of nitrogens with zero attached hydrogens (tertiary/aromatic N) is 5. The Hall–Kier alpha value is -2.58. The molecule has 0 unspecified atom stereocenters. The standard InChI is InChI=1S/C23H30N6O2/c1-15-12-16(2)18-14-19(23(30)24-20(18)13-15)21(28-8-10-31-11-9-28)22-25-26-27-29(22)17-6-4-3-5-7-17/h12-14,17,21H,3-11H2,1-2H3,(H,24,30)/t21-/m1/s1. The maximum absolute atomic E-state index is 13.3. The minimum Gasteiger partial charge on any atom is -0.379 e. The summed E-state index contributed by atoms with van der Waals surface area (Å²) < 4.78 is 7.59. The van der Waals surface area contributed by atoms with E-state index in [4.69, 9.17) is 4.74 Å². The molecule has 2 aliphatic rings. The third kappa shape index (κ3) is 3.90. The van der Waals surface area contributed by atoms with Crippen LogP contribution in [0.5, 0.6) is 0 Å². The first-order valence-electron chi connectivity index (χ1n) is 11.4. The summed E-state index contributed by atoms with van der Waals surface area (Å²) in [6.07, 6.45) is 5.83. The topological polar surface area (TPSA) is 88.9 Å². The first-order chi connectivity index (χ1) is 15.1. The number of aryl methyl sites for hydroxylation is 2. The van der Waals surface area contributed by atoms with E-state index < -0.39 is 0 Å². The number of hydrogen-bond donors (Lipinski definition) is 1. The van der Waals surface area contributed by atoms with Crippen molar-refractivity contribution in [1.82, 2.24) is 30.1 Å². The Morgan fingerprint density at radius 2 is 1.87 bits per heavy atom. The molecule has 0 amide bonds. The maximum Gasteiger partial charge on any atom is 0.253 e. The van der Waals surface area contributed by atoms with Gasteiger partial charge < -0.3 is 9.72 Å². The van der Waals surface area contributed by atoms with E-state index >= 15 is 0 Å². The summed E-state index contributed by atoms with van der Waals surface area (Å²) in [5.74, 6) is 0.767. The van der Waals surface area contributed by atoms with Gasteiger partial charge >= 0.3 is 0 Å². The Labute approximate surface area is 181 Å². The van der Waals surface area contributed by atoms with E-state index in [1.54, 1.807) is 0 Å². The van der Waals surface area contributed by atoms with E-state index in [0.717, 1.165) is 53.8 Å². The van der Waals surface area contributed by atoms with Crippen LogP contribution in [0.1, 0.15) is 66.7 Å². The van der Waals surface area contributed by atoms with Crippen molar-refractivity contribution in [2.75, 3.05) is 26.3 Å². The predicted octanol–water partition coefficient (Wildman–Crippen LogP) is 3.06. The van der Waals surface area contributed by atoms with Crippen LogP contribution in [0.15, 0.2) is 23.0 Å². The molecule has 3 heterocycles. The van der Waals surface area contributed by atoms with Crippen molar-refractivity contribution in [1.29, 1.82) is 0 Å². The van der Waals surface area contributed by atoms with Crippen molar-refractivity contribution < 1.29 is 4.74 Å². The highest BCUT2D eigenvalue weighted by atomic mass is 16.5. The first kappa shape index (κ1) is 20.3. The quantitative estimate of drug-likeness (QED) is 0.695. The number of morpholine rings is 1. The van der Waals surface area contributed by atoms with Crippen LogP contribution in [-0.4, -0.2) is 56.4 Å². The Bertz CT molecular complexity index is 1120. The van der Waals surface area contributed by atoms with Crippen LogP contribution >= 0.6 is 0 Å². The van der Waals surface area contributed by atoms with Crippen molar-refractivity contribution in [3.05, 3.63) is 51.1 Å². The van der Waals surface area contributed by atoms with Gasteiger partial charge in [-0.25, -0.2) is 4.68 Å². The third-order valence-electron chi connectivity index (χ3n) is 6.73. The van der Waals surface area contributed by atoms with Crippen molar-refractivity contribution in [2.45, 2.75) is 58.0 Å². The van der Waals surface area contributed by atoms with E-state index in [2.05, 4.69) is 38.4 Å². The number of tetrazole rings is 1. The van der Waals surface area contributed by atoms with Crippen LogP contribution in [-0.2, 0) is 4.74 Å². The number of rotatable bonds is 4. The van der Waals surface area contributed by atoms with Crippen molar-refractivity contribution >= 4 is 10.9 Å². The maximum atomic E-state index is 13.3. The van der Waals surface area contributed by atoms with E-state index in [9.17, 15) is 4.79 Å². The average Bonchev–Trinajstić information content (AvgIpc) is 3.25. The zero-order valence-electron chi connectivity index (χ0n) is 18.3. The molecule has 8 heteroatoms. The second-order valence-corrected chi connectivity index (χ2v) is 8.92. The minimum absolute atomic E-state index is 0.0767. The van der Waals surface area contributed by atoms with Crippen LogP contribution in [0.25, 0.3) is 10.9 Å². The van der Waals surface area contributed by atoms with E-state index in [1.807, 2.05) is 23.7 Å². The number of pyridine rings is 1. The molecule has 1 saturated carbocycles. The highest BCUT2D eigenvalue weighted by Gasteiger charge is 2.33. The number of benzene rings is 1. The largest absolute Gasteiger partial charge is 0.379 e. The lowest BCUT2D eigenvalue weighted by Crippen LogP contribution is -2.42. The van der Waals surface area contributed by atoms with E-state index in [1.165, 1.54) is 19.3 Å². The lowest BCUT2D eigenvalue weighted by molar-refractivity contribution is 0.0209. The summed E-state index contributed by atoms with van der Waals surface area (Å²) in [4.78, 5) is 18.7. The first-order valence-corrected chi connectivity index (χ1v) is 11.4. The summed E-state index contributed by atoms with van der Waals surface area (Å²) in [5.41, 5.74) is 3.79. The molecule has 1 aliphatic heterocycles. The molecule has 3 aromatic rings. The molecule has 0 radical (unpaired) electrons. The van der Waals surface area contributed by atoms with Crippen LogP contribution in [0.4, 0.5) is 0 Å². The number of aromatic amines is 1. The summed E-state index contributed by atoms with van der Waals surface area (Å²) in [6.45, 7) is 6.91. The second kappa shape index (κ2) is 8.51. The van der Waals surface area contributed by atoms with Gasteiger partial charge in [0.1, 0.15) is 6.04 Å². The Morgan fingerprint density at radius 3 is 2.65 bits per heavy atom. The van der Waals surface area contributed by atoms with Crippen LogP contribution < -0.4 is 5.56 Å². The molecule has 8 nitrogen and oxygen atoms in total. The smallest absolute Gasteiger partial charge is 0.253 e. The molecule has 1 aromatic carbocycles. The molecule has 1 aliphatic carbocycles. The fourth-order valence-corrected chi connectivity index (χ4v) is 5.19. The van der Waals surface area contributed by atoms with Crippen molar-refractivity contribution in [3.63, 3.8) is 0 Å². The molecule has 0 spiro atoms. The summed E-state index contributed by atoms with van der Waals surface area (Å²) in [6, 6.07) is 6.23. The normalized spacial score (nSPS) is 19.7. The van der Waals surface area contributed by atoms with Gasteiger partial charge in [0.25, 0.3) is 5.56 Å². The van der Waals surface area contributed by atoms with Crippen LogP contribution in [0.2, 0.25) is 0 Å². The highest BCUT2D eigenvalue weighted by Crippen LogP contribution is 2.33. The van der Waals surface area contributed by atoms with Gasteiger partial charge in [0, 0.05) is 29.6 Å². The van der Waals surface area contributed by atoms with Gasteiger partial charge in [0.15, 0.2) is 5.82 Å². The SMILES string of the molecule is Cc1cc(C)c2cc([C@H](c3nnnn3C3CCCCC3)N3CCOCC3)c(=O)[nH]c2c1. The summed E-state index contributed by atoms with van der Waals surface area (Å²) >= 11 is 0. The van der Waals surface area contributed by atoms with E-state index in [0.29, 0.717) is 24.8 Å². The summed E-state index contributed by atoms with van der Waals surface area (Å²) in [5, 5.41) is 14.0. The minimum atomic E-state index is -0.297. The molecular weight excluding hydrogens is 392 g/mol. The molecule has 0 bridgehead atoms. The van der Waals surface area contributed by atoms with Gasteiger partial charge in [-0.15, -0.1) is 5.10 Å². The van der Waals surface area contributed by atoms with Gasteiger partial charge in [-0.1, -0.05) is 25.3 Å². The van der Waals surface area contributed by atoms with Gasteiger partial charge in [0.2, 0.25) is 0 Å². The number of ether oxygens (including phenoxy) is 1. The number of nitrogens with one attached hydrogen (secondary N) is 1. The predicted molar refractivity (Wildman–Crippen MR) is 118 cm³/mol.